The van der Waals surface area contributed by atoms with Crippen LogP contribution >= 0.6 is 67.8 Å². The number of halogens is 3. The van der Waals surface area contributed by atoms with Gasteiger partial charge in [0.2, 0.25) is 0 Å². The first-order valence-electron chi connectivity index (χ1n) is 8.59. The van der Waals surface area contributed by atoms with Gasteiger partial charge in [0.25, 0.3) is 0 Å². The molecule has 9 heteroatoms. The Morgan fingerprint density at radius 1 is 1.07 bits per heavy atom. The van der Waals surface area contributed by atoms with Crippen LogP contribution in [0.2, 0.25) is 0 Å². The zero-order chi connectivity index (χ0) is 20.2. The largest absolute Gasteiger partial charge is 0.461 e. The van der Waals surface area contributed by atoms with Crippen LogP contribution in [0.1, 0.15) is 31.1 Å². The summed E-state index contributed by atoms with van der Waals surface area (Å²) < 4.78 is 13.8. The number of esters is 1. The van der Waals surface area contributed by atoms with Crippen molar-refractivity contribution in [1.82, 2.24) is 9.80 Å². The first-order chi connectivity index (χ1) is 12.6. The molecule has 0 aliphatic carbocycles. The second-order valence-corrected chi connectivity index (χ2v) is 10.7. The van der Waals surface area contributed by atoms with Gasteiger partial charge in [-0.05, 0) is 101 Å². The predicted molar refractivity (Wildman–Crippen MR) is 129 cm³/mol. The minimum Gasteiger partial charge on any atom is -0.461 e. The van der Waals surface area contributed by atoms with E-state index in [2.05, 4.69) is 72.7 Å². The topological polar surface area (TPSA) is 59.1 Å². The van der Waals surface area contributed by atoms with Crippen molar-refractivity contribution >= 4 is 79.8 Å². The summed E-state index contributed by atoms with van der Waals surface area (Å²) in [4.78, 5) is 28.4. The van der Waals surface area contributed by atoms with Crippen molar-refractivity contribution in [2.45, 2.75) is 26.4 Å². The first-order valence-corrected chi connectivity index (χ1v) is 11.8. The lowest BCUT2D eigenvalue weighted by Gasteiger charge is -2.35. The Morgan fingerprint density at radius 2 is 1.70 bits per heavy atom. The lowest BCUT2D eigenvalue weighted by Crippen LogP contribution is -2.50. The molecule has 1 heterocycles. The molecule has 1 amide bonds. The van der Waals surface area contributed by atoms with Gasteiger partial charge in [0.1, 0.15) is 12.2 Å². The fraction of sp³-hybridized carbons (Fsp3) is 0.556. The number of hydrogen-bond donors (Lipinski definition) is 0. The average Bonchev–Trinajstić information content (AvgIpc) is 2.57. The van der Waals surface area contributed by atoms with E-state index in [0.29, 0.717) is 31.8 Å². The molecule has 6 nitrogen and oxygen atoms in total. The molecule has 0 bridgehead atoms. The van der Waals surface area contributed by atoms with E-state index < -0.39 is 5.60 Å². The smallest absolute Gasteiger partial charge is 0.410 e. The molecule has 1 saturated heterocycles. The summed E-state index contributed by atoms with van der Waals surface area (Å²) in [5.74, 6) is -0.289. The maximum atomic E-state index is 12.4. The highest BCUT2D eigenvalue weighted by Gasteiger charge is 2.26. The number of carbonyl (C=O) groups excluding carboxylic acids is 2. The third-order valence-corrected chi connectivity index (χ3v) is 7.55. The van der Waals surface area contributed by atoms with E-state index in [1.165, 1.54) is 0 Å². The molecule has 1 aromatic rings. The summed E-state index contributed by atoms with van der Waals surface area (Å²) in [6, 6.07) is 3.89. The van der Waals surface area contributed by atoms with E-state index in [4.69, 9.17) is 9.47 Å². The van der Waals surface area contributed by atoms with Crippen molar-refractivity contribution in [3.05, 3.63) is 28.4 Å². The second kappa shape index (κ2) is 10.2. The zero-order valence-electron chi connectivity index (χ0n) is 15.6. The number of benzene rings is 1. The van der Waals surface area contributed by atoms with E-state index in [1.807, 2.05) is 32.9 Å². The van der Waals surface area contributed by atoms with Crippen LogP contribution in [0.4, 0.5) is 4.79 Å². The Labute approximate surface area is 201 Å². The van der Waals surface area contributed by atoms with Crippen LogP contribution in [-0.2, 0) is 9.47 Å². The third-order valence-electron chi connectivity index (χ3n) is 3.88. The van der Waals surface area contributed by atoms with Crippen LogP contribution in [0.3, 0.4) is 0 Å². The van der Waals surface area contributed by atoms with E-state index in [0.717, 1.165) is 23.8 Å². The Morgan fingerprint density at radius 3 is 2.30 bits per heavy atom. The summed E-state index contributed by atoms with van der Waals surface area (Å²) >= 11 is 6.61. The summed E-state index contributed by atoms with van der Waals surface area (Å²) in [6.07, 6.45) is -0.267. The minimum atomic E-state index is -0.479. The normalized spacial score (nSPS) is 15.6. The number of rotatable bonds is 4. The number of piperazine rings is 1. The van der Waals surface area contributed by atoms with Crippen LogP contribution in [0, 0.1) is 10.7 Å². The highest BCUT2D eigenvalue weighted by molar-refractivity contribution is 14.1. The molecular formula is C18H23I3N2O4. The summed E-state index contributed by atoms with van der Waals surface area (Å²) in [7, 11) is 0. The molecular weight excluding hydrogens is 689 g/mol. The monoisotopic (exact) mass is 712 g/mol. The van der Waals surface area contributed by atoms with Crippen molar-refractivity contribution in [3.8, 4) is 0 Å². The Bertz CT molecular complexity index is 699. The SMILES string of the molecule is CC(C)(C)OC(=O)N1CCN(CCOC(=O)c2cc(I)cc(I)c2I)CC1. The van der Waals surface area contributed by atoms with Crippen molar-refractivity contribution in [1.29, 1.82) is 0 Å². The van der Waals surface area contributed by atoms with Gasteiger partial charge in [-0.2, -0.15) is 0 Å². The molecule has 0 saturated carbocycles. The molecule has 1 fully saturated rings. The zero-order valence-corrected chi connectivity index (χ0v) is 22.0. The van der Waals surface area contributed by atoms with Crippen LogP contribution in [-0.4, -0.2) is 66.8 Å². The number of carbonyl (C=O) groups is 2. The van der Waals surface area contributed by atoms with Gasteiger partial charge in [0.05, 0.1) is 5.56 Å². The second-order valence-electron chi connectivity index (χ2n) is 7.19. The van der Waals surface area contributed by atoms with Crippen molar-refractivity contribution in [2.24, 2.45) is 0 Å². The molecule has 1 aliphatic heterocycles. The van der Waals surface area contributed by atoms with E-state index in [9.17, 15) is 9.59 Å². The predicted octanol–water partition coefficient (Wildman–Crippen LogP) is 4.21. The maximum absolute atomic E-state index is 12.4. The Hall–Kier alpha value is 0.110. The van der Waals surface area contributed by atoms with Gasteiger partial charge in [-0.25, -0.2) is 9.59 Å². The maximum Gasteiger partial charge on any atom is 0.410 e. The summed E-state index contributed by atoms with van der Waals surface area (Å²) in [6.45, 7) is 9.33. The number of hydrogen-bond acceptors (Lipinski definition) is 5. The van der Waals surface area contributed by atoms with Gasteiger partial charge in [-0.15, -0.1) is 0 Å². The molecule has 0 radical (unpaired) electrons. The van der Waals surface area contributed by atoms with Gasteiger partial charge in [-0.1, -0.05) is 0 Å². The highest BCUT2D eigenvalue weighted by atomic mass is 127. The quantitative estimate of drug-likeness (QED) is 0.266. The number of ether oxygens (including phenoxy) is 2. The highest BCUT2D eigenvalue weighted by Crippen LogP contribution is 2.23. The van der Waals surface area contributed by atoms with Gasteiger partial charge in [0, 0.05) is 43.4 Å². The number of amides is 1. The van der Waals surface area contributed by atoms with E-state index >= 15 is 0 Å². The van der Waals surface area contributed by atoms with Gasteiger partial charge in [0.15, 0.2) is 0 Å². The molecule has 0 unspecified atom stereocenters. The average molecular weight is 712 g/mol. The van der Waals surface area contributed by atoms with Crippen molar-refractivity contribution < 1.29 is 19.1 Å². The lowest BCUT2D eigenvalue weighted by atomic mass is 10.2. The third kappa shape index (κ3) is 7.46. The molecule has 27 heavy (non-hydrogen) atoms. The van der Waals surface area contributed by atoms with Crippen LogP contribution in [0.5, 0.6) is 0 Å². The molecule has 0 aromatic heterocycles. The van der Waals surface area contributed by atoms with Gasteiger partial charge in [-0.3, -0.25) is 4.90 Å². The van der Waals surface area contributed by atoms with Crippen LogP contribution in [0.25, 0.3) is 0 Å². The lowest BCUT2D eigenvalue weighted by molar-refractivity contribution is 0.0120. The Kier molecular flexibility index (Phi) is 8.86. The summed E-state index contributed by atoms with van der Waals surface area (Å²) in [5.41, 5.74) is 0.133. The standard InChI is InChI=1S/C18H23I3N2O4/c1-18(2,3)27-17(25)23-6-4-22(5-7-23)8-9-26-16(24)13-10-12(19)11-14(20)15(13)21/h10-11H,4-9H2,1-3H3. The first kappa shape index (κ1) is 23.4. The molecule has 2 rings (SSSR count). The number of nitrogens with zero attached hydrogens (tertiary/aromatic N) is 2. The van der Waals surface area contributed by atoms with Gasteiger partial charge >= 0.3 is 12.1 Å². The molecule has 1 aromatic carbocycles. The van der Waals surface area contributed by atoms with Crippen molar-refractivity contribution in [2.75, 3.05) is 39.3 Å². The minimum absolute atomic E-state index is 0.267. The van der Waals surface area contributed by atoms with Crippen molar-refractivity contribution in [3.63, 3.8) is 0 Å². The molecule has 0 spiro atoms. The van der Waals surface area contributed by atoms with E-state index in [1.54, 1.807) is 4.90 Å². The summed E-state index contributed by atoms with van der Waals surface area (Å²) in [5, 5.41) is 0. The fourth-order valence-electron chi connectivity index (χ4n) is 2.53. The fourth-order valence-corrected chi connectivity index (χ4v) is 4.91. The molecule has 0 N–H and O–H groups in total. The van der Waals surface area contributed by atoms with Crippen LogP contribution in [0.15, 0.2) is 12.1 Å². The van der Waals surface area contributed by atoms with Crippen LogP contribution < -0.4 is 0 Å². The molecule has 1 aliphatic rings. The molecule has 0 atom stereocenters. The van der Waals surface area contributed by atoms with Gasteiger partial charge < -0.3 is 14.4 Å². The van der Waals surface area contributed by atoms with E-state index in [-0.39, 0.29) is 12.1 Å². The Balaban J connectivity index is 1.76. The molecule has 150 valence electrons.